The number of H-pyrrole nitrogens is 1. The smallest absolute Gasteiger partial charge is 0.258 e. The van der Waals surface area contributed by atoms with Crippen molar-refractivity contribution in [3.8, 4) is 0 Å². The highest BCUT2D eigenvalue weighted by atomic mass is 32.2. The average Bonchev–Trinajstić information content (AvgIpc) is 2.77. The normalized spacial score (nSPS) is 13.3. The second kappa shape index (κ2) is 6.16. The van der Waals surface area contributed by atoms with E-state index in [-0.39, 0.29) is 10.9 Å². The standard InChI is InChI=1S/C11H20N4O3S/c1-5-15(6-2)11(16)8(3)14-19(17,18)10-7-12-9(4)13-10/h7-8,14H,5-6H2,1-4H3,(H,12,13). The van der Waals surface area contributed by atoms with Crippen molar-refractivity contribution in [3.63, 3.8) is 0 Å². The monoisotopic (exact) mass is 288 g/mol. The molecule has 1 rings (SSSR count). The van der Waals surface area contributed by atoms with Crippen molar-refractivity contribution in [2.24, 2.45) is 0 Å². The fourth-order valence-electron chi connectivity index (χ4n) is 1.69. The van der Waals surface area contributed by atoms with E-state index >= 15 is 0 Å². The fourth-order valence-corrected chi connectivity index (χ4v) is 2.86. The lowest BCUT2D eigenvalue weighted by atomic mass is 10.3. The van der Waals surface area contributed by atoms with E-state index in [4.69, 9.17) is 0 Å². The molecule has 0 aromatic carbocycles. The third-order valence-electron chi connectivity index (χ3n) is 2.75. The van der Waals surface area contributed by atoms with Crippen LogP contribution in [0.3, 0.4) is 0 Å². The molecular formula is C11H20N4O3S. The number of imidazole rings is 1. The fraction of sp³-hybridized carbons (Fsp3) is 0.636. The molecule has 1 aromatic rings. The van der Waals surface area contributed by atoms with E-state index in [0.29, 0.717) is 18.9 Å². The first-order valence-corrected chi connectivity index (χ1v) is 7.62. The molecule has 19 heavy (non-hydrogen) atoms. The summed E-state index contributed by atoms with van der Waals surface area (Å²) in [5.41, 5.74) is 0. The minimum Gasteiger partial charge on any atom is -0.342 e. The van der Waals surface area contributed by atoms with Crippen LogP contribution < -0.4 is 4.72 Å². The van der Waals surface area contributed by atoms with Crippen molar-refractivity contribution < 1.29 is 13.2 Å². The molecule has 8 heteroatoms. The molecule has 0 spiro atoms. The first-order chi connectivity index (χ1) is 8.81. The molecule has 2 N–H and O–H groups in total. The highest BCUT2D eigenvalue weighted by Gasteiger charge is 2.25. The van der Waals surface area contributed by atoms with Gasteiger partial charge in [0.25, 0.3) is 10.0 Å². The molecule has 0 radical (unpaired) electrons. The topological polar surface area (TPSA) is 95.2 Å². The second-order valence-electron chi connectivity index (χ2n) is 4.19. The lowest BCUT2D eigenvalue weighted by Crippen LogP contribution is -2.46. The number of carbonyl (C=O) groups excluding carboxylic acids is 1. The van der Waals surface area contributed by atoms with Crippen LogP contribution in [-0.2, 0) is 14.8 Å². The lowest BCUT2D eigenvalue weighted by Gasteiger charge is -2.23. The number of sulfonamides is 1. The Morgan fingerprint density at radius 3 is 2.47 bits per heavy atom. The maximum Gasteiger partial charge on any atom is 0.258 e. The third kappa shape index (κ3) is 3.77. The van der Waals surface area contributed by atoms with E-state index in [1.54, 1.807) is 11.8 Å². The predicted octanol–water partition coefficient (Wildman–Crippen LogP) is 0.253. The Balaban J connectivity index is 2.81. The van der Waals surface area contributed by atoms with Crippen LogP contribution >= 0.6 is 0 Å². The summed E-state index contributed by atoms with van der Waals surface area (Å²) in [5, 5.41) is -0.0378. The molecule has 7 nitrogen and oxygen atoms in total. The van der Waals surface area contributed by atoms with E-state index in [2.05, 4.69) is 14.7 Å². The molecule has 0 saturated carbocycles. The summed E-state index contributed by atoms with van der Waals surface area (Å²) in [6.07, 6.45) is 1.23. The van der Waals surface area contributed by atoms with E-state index in [1.807, 2.05) is 13.8 Å². The number of hydrogen-bond donors (Lipinski definition) is 2. The molecule has 0 aliphatic heterocycles. The summed E-state index contributed by atoms with van der Waals surface area (Å²) in [4.78, 5) is 20.0. The molecule has 0 aliphatic rings. The van der Waals surface area contributed by atoms with Gasteiger partial charge in [-0.1, -0.05) is 0 Å². The summed E-state index contributed by atoms with van der Waals surface area (Å²) in [5.74, 6) is 0.257. The van der Waals surface area contributed by atoms with Gasteiger partial charge in [-0.3, -0.25) is 4.79 Å². The zero-order valence-corrected chi connectivity index (χ0v) is 12.4. The molecule has 1 unspecified atom stereocenters. The molecule has 108 valence electrons. The van der Waals surface area contributed by atoms with Gasteiger partial charge in [-0.25, -0.2) is 13.4 Å². The molecule has 0 aliphatic carbocycles. The van der Waals surface area contributed by atoms with Crippen LogP contribution in [0.2, 0.25) is 0 Å². The van der Waals surface area contributed by atoms with Gasteiger partial charge in [0.2, 0.25) is 5.91 Å². The summed E-state index contributed by atoms with van der Waals surface area (Å²) in [7, 11) is -3.75. The minimum absolute atomic E-state index is 0.0378. The molecule has 0 saturated heterocycles. The van der Waals surface area contributed by atoms with Crippen LogP contribution in [-0.4, -0.2) is 48.3 Å². The maximum absolute atomic E-state index is 12.0. The van der Waals surface area contributed by atoms with Crippen molar-refractivity contribution in [2.75, 3.05) is 13.1 Å². The third-order valence-corrected chi connectivity index (χ3v) is 4.20. The highest BCUT2D eigenvalue weighted by molar-refractivity contribution is 7.89. The van der Waals surface area contributed by atoms with Gasteiger partial charge in [0.15, 0.2) is 5.03 Å². The van der Waals surface area contributed by atoms with Crippen molar-refractivity contribution in [2.45, 2.75) is 38.8 Å². The number of aromatic nitrogens is 2. The Bertz CT molecular complexity index is 534. The number of aryl methyl sites for hydroxylation is 1. The van der Waals surface area contributed by atoms with Gasteiger partial charge in [0.1, 0.15) is 5.82 Å². The summed E-state index contributed by atoms with van der Waals surface area (Å²) >= 11 is 0. The van der Waals surface area contributed by atoms with E-state index in [9.17, 15) is 13.2 Å². The molecular weight excluding hydrogens is 268 g/mol. The molecule has 0 fully saturated rings. The van der Waals surface area contributed by atoms with Crippen molar-refractivity contribution in [1.29, 1.82) is 0 Å². The number of aromatic amines is 1. The quantitative estimate of drug-likeness (QED) is 0.784. The lowest BCUT2D eigenvalue weighted by molar-refractivity contribution is -0.132. The van der Waals surface area contributed by atoms with Gasteiger partial charge in [-0.05, 0) is 27.7 Å². The average molecular weight is 288 g/mol. The summed E-state index contributed by atoms with van der Waals surface area (Å²) < 4.78 is 26.4. The van der Waals surface area contributed by atoms with Crippen molar-refractivity contribution in [3.05, 3.63) is 12.0 Å². The molecule has 1 atom stereocenters. The zero-order chi connectivity index (χ0) is 14.6. The number of rotatable bonds is 6. The first-order valence-electron chi connectivity index (χ1n) is 6.14. The number of nitrogens with one attached hydrogen (secondary N) is 2. The molecule has 1 aromatic heterocycles. The Kier molecular flexibility index (Phi) is 5.07. The van der Waals surface area contributed by atoms with Gasteiger partial charge >= 0.3 is 0 Å². The van der Waals surface area contributed by atoms with Crippen LogP contribution in [0.15, 0.2) is 11.2 Å². The van der Waals surface area contributed by atoms with Crippen LogP contribution in [0.25, 0.3) is 0 Å². The number of carbonyl (C=O) groups is 1. The van der Waals surface area contributed by atoms with E-state index in [1.165, 1.54) is 13.1 Å². The number of amides is 1. The molecule has 0 bridgehead atoms. The van der Waals surface area contributed by atoms with Gasteiger partial charge in [-0.2, -0.15) is 4.72 Å². The largest absolute Gasteiger partial charge is 0.342 e. The SMILES string of the molecule is CCN(CC)C(=O)C(C)NS(=O)(=O)c1cnc(C)[nH]1. The number of nitrogens with zero attached hydrogens (tertiary/aromatic N) is 2. The van der Waals surface area contributed by atoms with Crippen LogP contribution in [0, 0.1) is 6.92 Å². The summed E-state index contributed by atoms with van der Waals surface area (Å²) in [6.45, 7) is 7.97. The molecule has 1 amide bonds. The van der Waals surface area contributed by atoms with E-state index in [0.717, 1.165) is 0 Å². The van der Waals surface area contributed by atoms with E-state index < -0.39 is 16.1 Å². The number of likely N-dealkylation sites (N-methyl/N-ethyl adjacent to an activating group) is 1. The molecule has 1 heterocycles. The van der Waals surface area contributed by atoms with Crippen molar-refractivity contribution >= 4 is 15.9 Å². The van der Waals surface area contributed by atoms with Gasteiger partial charge in [0.05, 0.1) is 12.2 Å². The Morgan fingerprint density at radius 1 is 1.47 bits per heavy atom. The Hall–Kier alpha value is -1.41. The van der Waals surface area contributed by atoms with Gasteiger partial charge in [-0.15, -0.1) is 0 Å². The Morgan fingerprint density at radius 2 is 2.05 bits per heavy atom. The second-order valence-corrected chi connectivity index (χ2v) is 5.87. The van der Waals surface area contributed by atoms with Crippen LogP contribution in [0.1, 0.15) is 26.6 Å². The summed E-state index contributed by atoms with van der Waals surface area (Å²) in [6, 6.07) is -0.812. The maximum atomic E-state index is 12.0. The van der Waals surface area contributed by atoms with Gasteiger partial charge < -0.3 is 9.88 Å². The minimum atomic E-state index is -3.75. The zero-order valence-electron chi connectivity index (χ0n) is 11.6. The van der Waals surface area contributed by atoms with Crippen LogP contribution in [0.5, 0.6) is 0 Å². The number of hydrogen-bond acceptors (Lipinski definition) is 4. The predicted molar refractivity (Wildman–Crippen MR) is 71.0 cm³/mol. The van der Waals surface area contributed by atoms with Gasteiger partial charge in [0, 0.05) is 13.1 Å². The van der Waals surface area contributed by atoms with Crippen molar-refractivity contribution in [1.82, 2.24) is 19.6 Å². The first kappa shape index (κ1) is 15.6. The van der Waals surface area contributed by atoms with Crippen LogP contribution in [0.4, 0.5) is 0 Å². The Labute approximate surface area is 113 Å². The highest BCUT2D eigenvalue weighted by Crippen LogP contribution is 2.06.